The fourth-order valence-electron chi connectivity index (χ4n) is 3.32. The number of amides is 2. The number of hydrogen-bond donors (Lipinski definition) is 3. The minimum absolute atomic E-state index is 0.197. The second-order valence-electron chi connectivity index (χ2n) is 6.39. The van der Waals surface area contributed by atoms with Gasteiger partial charge in [-0.25, -0.2) is 9.59 Å². The average Bonchev–Trinajstić information content (AvgIpc) is 2.54. The maximum atomic E-state index is 12.7. The van der Waals surface area contributed by atoms with E-state index in [4.69, 9.17) is 4.74 Å². The monoisotopic (exact) mass is 355 g/mol. The van der Waals surface area contributed by atoms with Crippen LogP contribution < -0.4 is 16.2 Å². The van der Waals surface area contributed by atoms with Crippen LogP contribution in [0.2, 0.25) is 0 Å². The zero-order valence-corrected chi connectivity index (χ0v) is 15.1. The molecule has 0 spiro atoms. The number of hydrogen-bond acceptors (Lipinski definition) is 4. The van der Waals surface area contributed by atoms with Crippen LogP contribution in [0, 0.1) is 13.8 Å². The van der Waals surface area contributed by atoms with E-state index < -0.39 is 18.0 Å². The largest absolute Gasteiger partial charge is 0.463 e. The normalized spacial score (nSPS) is 17.1. The standard InChI is InChI=1S/C19H21N3O4/c1-5-26-18(24)14-11(4)20-19(25)22-16(14)13-8-12-7-9(2)6-10(3)15(12)21-17(13)23/h6-8,16H,5H2,1-4H3,(H,21,23)(H2,20,22,25). The highest BCUT2D eigenvalue weighted by molar-refractivity contribution is 5.95. The smallest absolute Gasteiger partial charge is 0.338 e. The fourth-order valence-corrected chi connectivity index (χ4v) is 3.32. The first-order valence-corrected chi connectivity index (χ1v) is 8.41. The van der Waals surface area contributed by atoms with Crippen LogP contribution in [-0.2, 0) is 9.53 Å². The molecular formula is C19H21N3O4. The van der Waals surface area contributed by atoms with Crippen molar-refractivity contribution in [1.82, 2.24) is 15.6 Å². The maximum Gasteiger partial charge on any atom is 0.338 e. The number of ether oxygens (including phenoxy) is 1. The van der Waals surface area contributed by atoms with Crippen molar-refractivity contribution in [3.8, 4) is 0 Å². The predicted molar refractivity (Wildman–Crippen MR) is 97.8 cm³/mol. The Bertz CT molecular complexity index is 1000. The molecule has 3 N–H and O–H groups in total. The number of carbonyl (C=O) groups excluding carboxylic acids is 2. The van der Waals surface area contributed by atoms with Crippen molar-refractivity contribution < 1.29 is 14.3 Å². The van der Waals surface area contributed by atoms with E-state index in [1.165, 1.54) is 0 Å². The van der Waals surface area contributed by atoms with E-state index in [0.717, 1.165) is 22.0 Å². The van der Waals surface area contributed by atoms with Gasteiger partial charge in [-0.3, -0.25) is 4.79 Å². The van der Waals surface area contributed by atoms with Gasteiger partial charge in [-0.2, -0.15) is 0 Å². The molecule has 0 radical (unpaired) electrons. The van der Waals surface area contributed by atoms with Gasteiger partial charge in [-0.15, -0.1) is 0 Å². The van der Waals surface area contributed by atoms with Crippen LogP contribution in [-0.4, -0.2) is 23.6 Å². The summed E-state index contributed by atoms with van der Waals surface area (Å²) in [6, 6.07) is 4.30. The number of aryl methyl sites for hydroxylation is 2. The first-order chi connectivity index (χ1) is 12.3. The number of allylic oxidation sites excluding steroid dienone is 1. The maximum absolute atomic E-state index is 12.7. The Kier molecular flexibility index (Phi) is 4.54. The van der Waals surface area contributed by atoms with Crippen LogP contribution >= 0.6 is 0 Å². The van der Waals surface area contributed by atoms with Gasteiger partial charge in [0.15, 0.2) is 0 Å². The van der Waals surface area contributed by atoms with Gasteiger partial charge in [0.05, 0.1) is 23.7 Å². The zero-order valence-electron chi connectivity index (χ0n) is 15.1. The quantitative estimate of drug-likeness (QED) is 0.736. The summed E-state index contributed by atoms with van der Waals surface area (Å²) in [4.78, 5) is 39.9. The van der Waals surface area contributed by atoms with E-state index >= 15 is 0 Å². The van der Waals surface area contributed by atoms with E-state index in [1.54, 1.807) is 19.9 Å². The number of esters is 1. The molecule has 0 bridgehead atoms. The van der Waals surface area contributed by atoms with Crippen molar-refractivity contribution in [3.63, 3.8) is 0 Å². The van der Waals surface area contributed by atoms with E-state index in [9.17, 15) is 14.4 Å². The number of rotatable bonds is 3. The van der Waals surface area contributed by atoms with Crippen LogP contribution in [0.3, 0.4) is 0 Å². The van der Waals surface area contributed by atoms with E-state index in [1.807, 2.05) is 26.0 Å². The Morgan fingerprint density at radius 3 is 2.58 bits per heavy atom. The SMILES string of the molecule is CCOC(=O)C1=C(C)NC(=O)NC1c1cc2cc(C)cc(C)c2[nH]c1=O. The van der Waals surface area contributed by atoms with Crippen molar-refractivity contribution in [2.24, 2.45) is 0 Å². The Labute approximate surface area is 150 Å². The highest BCUT2D eigenvalue weighted by atomic mass is 16.5. The lowest BCUT2D eigenvalue weighted by molar-refractivity contribution is -0.139. The molecule has 2 aromatic rings. The van der Waals surface area contributed by atoms with Crippen LogP contribution in [0.25, 0.3) is 10.9 Å². The summed E-state index contributed by atoms with van der Waals surface area (Å²) < 4.78 is 5.10. The number of aromatic amines is 1. The van der Waals surface area contributed by atoms with Crippen LogP contribution in [0.4, 0.5) is 4.79 Å². The second kappa shape index (κ2) is 6.67. The van der Waals surface area contributed by atoms with Crippen LogP contribution in [0.5, 0.6) is 0 Å². The Morgan fingerprint density at radius 1 is 1.15 bits per heavy atom. The van der Waals surface area contributed by atoms with Crippen molar-refractivity contribution in [1.29, 1.82) is 0 Å². The molecule has 2 heterocycles. The molecule has 1 aliphatic heterocycles. The molecule has 0 fully saturated rings. The molecule has 1 atom stereocenters. The van der Waals surface area contributed by atoms with Gasteiger partial charge in [0.1, 0.15) is 0 Å². The molecule has 1 unspecified atom stereocenters. The van der Waals surface area contributed by atoms with Gasteiger partial charge < -0.3 is 20.4 Å². The van der Waals surface area contributed by atoms with Crippen molar-refractivity contribution in [3.05, 3.63) is 56.5 Å². The van der Waals surface area contributed by atoms with Crippen LogP contribution in [0.1, 0.15) is 36.6 Å². The van der Waals surface area contributed by atoms with Gasteiger partial charge in [0, 0.05) is 11.3 Å². The van der Waals surface area contributed by atoms with Crippen LogP contribution in [0.15, 0.2) is 34.3 Å². The van der Waals surface area contributed by atoms with E-state index in [2.05, 4.69) is 15.6 Å². The Balaban J connectivity index is 2.21. The summed E-state index contributed by atoms with van der Waals surface area (Å²) >= 11 is 0. The average molecular weight is 355 g/mol. The van der Waals surface area contributed by atoms with Crippen molar-refractivity contribution in [2.45, 2.75) is 33.7 Å². The summed E-state index contributed by atoms with van der Waals surface area (Å²) in [5.41, 5.74) is 3.28. The second-order valence-corrected chi connectivity index (χ2v) is 6.39. The lowest BCUT2D eigenvalue weighted by Crippen LogP contribution is -2.46. The van der Waals surface area contributed by atoms with Gasteiger partial charge >= 0.3 is 12.0 Å². The lowest BCUT2D eigenvalue weighted by Gasteiger charge is -2.27. The van der Waals surface area contributed by atoms with Gasteiger partial charge in [0.25, 0.3) is 5.56 Å². The number of aromatic nitrogens is 1. The summed E-state index contributed by atoms with van der Waals surface area (Å²) in [6.07, 6.45) is 0. The van der Waals surface area contributed by atoms with Gasteiger partial charge in [0.2, 0.25) is 0 Å². The molecule has 1 aromatic heterocycles. The third-order valence-electron chi connectivity index (χ3n) is 4.40. The number of nitrogens with one attached hydrogen (secondary N) is 3. The summed E-state index contributed by atoms with van der Waals surface area (Å²) in [6.45, 7) is 7.40. The van der Waals surface area contributed by atoms with Crippen molar-refractivity contribution >= 4 is 22.9 Å². The minimum atomic E-state index is -0.878. The molecule has 0 saturated carbocycles. The third-order valence-corrected chi connectivity index (χ3v) is 4.40. The number of urea groups is 1. The molecule has 136 valence electrons. The highest BCUT2D eigenvalue weighted by Crippen LogP contribution is 2.28. The first-order valence-electron chi connectivity index (χ1n) is 8.41. The molecule has 26 heavy (non-hydrogen) atoms. The fraction of sp³-hybridized carbons (Fsp3) is 0.316. The lowest BCUT2D eigenvalue weighted by atomic mass is 9.94. The molecule has 1 aromatic carbocycles. The summed E-state index contributed by atoms with van der Waals surface area (Å²) in [5, 5.41) is 6.06. The summed E-state index contributed by atoms with van der Waals surface area (Å²) in [5.74, 6) is -0.567. The Morgan fingerprint density at radius 2 is 1.88 bits per heavy atom. The number of H-pyrrole nitrogens is 1. The van der Waals surface area contributed by atoms with E-state index in [-0.39, 0.29) is 17.7 Å². The summed E-state index contributed by atoms with van der Waals surface area (Å²) in [7, 11) is 0. The Hall–Kier alpha value is -3.09. The minimum Gasteiger partial charge on any atom is -0.463 e. The van der Waals surface area contributed by atoms with E-state index in [0.29, 0.717) is 11.3 Å². The topological polar surface area (TPSA) is 100 Å². The van der Waals surface area contributed by atoms with Crippen molar-refractivity contribution in [2.75, 3.05) is 6.61 Å². The molecule has 0 aliphatic carbocycles. The first kappa shape index (κ1) is 17.7. The number of fused-ring (bicyclic) bond motifs is 1. The molecule has 2 amide bonds. The third kappa shape index (κ3) is 3.08. The molecule has 0 saturated heterocycles. The number of pyridine rings is 1. The number of benzene rings is 1. The predicted octanol–water partition coefficient (Wildman–Crippen LogP) is 2.34. The molecule has 3 rings (SSSR count). The zero-order chi connectivity index (χ0) is 19.0. The molecule has 1 aliphatic rings. The molecule has 7 heteroatoms. The molecule has 7 nitrogen and oxygen atoms in total. The number of carbonyl (C=O) groups is 2. The highest BCUT2D eigenvalue weighted by Gasteiger charge is 2.33. The van der Waals surface area contributed by atoms with Gasteiger partial charge in [-0.1, -0.05) is 11.6 Å². The van der Waals surface area contributed by atoms with Gasteiger partial charge in [-0.05, 0) is 50.8 Å². The molecular weight excluding hydrogens is 334 g/mol.